The van der Waals surface area contributed by atoms with Gasteiger partial charge in [-0.3, -0.25) is 4.79 Å². The average molecular weight is 149 g/mol. The van der Waals surface area contributed by atoms with Crippen LogP contribution in [0, 0.1) is 5.92 Å². The fraction of sp³-hybridized carbons (Fsp3) is 0.286. The lowest BCUT2D eigenvalue weighted by Crippen LogP contribution is -2.24. The van der Waals surface area contributed by atoms with Crippen LogP contribution in [0.5, 0.6) is 0 Å². The van der Waals surface area contributed by atoms with Crippen molar-refractivity contribution in [2.75, 3.05) is 0 Å². The summed E-state index contributed by atoms with van der Waals surface area (Å²) in [6, 6.07) is 0. The van der Waals surface area contributed by atoms with E-state index in [1.165, 1.54) is 0 Å². The number of allylic oxidation sites excluding steroid dienone is 1. The first-order valence-electron chi connectivity index (χ1n) is 3.37. The van der Waals surface area contributed by atoms with E-state index in [9.17, 15) is 4.79 Å². The molecule has 4 heteroatoms. The summed E-state index contributed by atoms with van der Waals surface area (Å²) < 4.78 is 0. The van der Waals surface area contributed by atoms with Crippen LogP contribution >= 0.6 is 0 Å². The minimum absolute atomic E-state index is 0.0781. The average Bonchev–Trinajstić information content (AvgIpc) is 2.34. The molecule has 0 fully saturated rings. The van der Waals surface area contributed by atoms with Gasteiger partial charge in [0.1, 0.15) is 5.92 Å². The number of hydrogen-bond donors (Lipinski definition) is 1. The monoisotopic (exact) mass is 149 g/mol. The van der Waals surface area contributed by atoms with Gasteiger partial charge < -0.3 is 0 Å². The molecule has 56 valence electrons. The summed E-state index contributed by atoms with van der Waals surface area (Å²) in [5.41, 5.74) is 3.38. The molecule has 0 aromatic carbocycles. The van der Waals surface area contributed by atoms with Gasteiger partial charge in [-0.1, -0.05) is 5.57 Å². The first-order chi connectivity index (χ1) is 5.29. The zero-order valence-electron chi connectivity index (χ0n) is 6.03. The van der Waals surface area contributed by atoms with Gasteiger partial charge in [0.15, 0.2) is 5.84 Å². The lowest BCUT2D eigenvalue weighted by Gasteiger charge is -2.09. The maximum absolute atomic E-state index is 11.1. The number of nitrogens with zero attached hydrogens (tertiary/aromatic N) is 2. The van der Waals surface area contributed by atoms with Gasteiger partial charge in [0.25, 0.3) is 5.91 Å². The van der Waals surface area contributed by atoms with Gasteiger partial charge in [0, 0.05) is 6.21 Å². The second kappa shape index (κ2) is 2.02. The van der Waals surface area contributed by atoms with Crippen molar-refractivity contribution in [2.24, 2.45) is 16.0 Å². The first kappa shape index (κ1) is 6.27. The Hall–Kier alpha value is -1.45. The third-order valence-corrected chi connectivity index (χ3v) is 1.80. The Morgan fingerprint density at radius 2 is 2.45 bits per heavy atom. The summed E-state index contributed by atoms with van der Waals surface area (Å²) in [5, 5.41) is 3.77. The maximum Gasteiger partial charge on any atom is 0.255 e. The van der Waals surface area contributed by atoms with Gasteiger partial charge in [0.2, 0.25) is 0 Å². The molecular formula is C7H7N3O. The molecule has 1 unspecified atom stereocenters. The number of amides is 1. The molecule has 2 aliphatic heterocycles. The summed E-state index contributed by atoms with van der Waals surface area (Å²) in [4.78, 5) is 15.0. The molecule has 2 aliphatic rings. The Morgan fingerprint density at radius 3 is 3.18 bits per heavy atom. The molecule has 0 bridgehead atoms. The molecule has 0 saturated heterocycles. The van der Waals surface area contributed by atoms with Crippen molar-refractivity contribution >= 4 is 18.0 Å². The topological polar surface area (TPSA) is 53.8 Å². The van der Waals surface area contributed by atoms with E-state index in [4.69, 9.17) is 0 Å². The van der Waals surface area contributed by atoms with Crippen LogP contribution in [0.1, 0.15) is 6.92 Å². The molecular weight excluding hydrogens is 142 g/mol. The highest BCUT2D eigenvalue weighted by Gasteiger charge is 2.32. The lowest BCUT2D eigenvalue weighted by atomic mass is 9.98. The van der Waals surface area contributed by atoms with Gasteiger partial charge in [0.05, 0.1) is 0 Å². The van der Waals surface area contributed by atoms with Crippen LogP contribution in [0.25, 0.3) is 0 Å². The van der Waals surface area contributed by atoms with Crippen LogP contribution in [0.4, 0.5) is 0 Å². The Balaban J connectivity index is 2.43. The van der Waals surface area contributed by atoms with Crippen molar-refractivity contribution in [3.8, 4) is 0 Å². The number of hydrogen-bond acceptors (Lipinski definition) is 3. The van der Waals surface area contributed by atoms with Crippen LogP contribution in [0.2, 0.25) is 0 Å². The quantitative estimate of drug-likeness (QED) is 0.521. The summed E-state index contributed by atoms with van der Waals surface area (Å²) in [7, 11) is 0. The zero-order valence-corrected chi connectivity index (χ0v) is 6.03. The van der Waals surface area contributed by atoms with Crippen molar-refractivity contribution in [1.29, 1.82) is 0 Å². The number of fused-ring (bicyclic) bond motifs is 1. The molecule has 0 aromatic heterocycles. The highest BCUT2D eigenvalue weighted by molar-refractivity contribution is 6.14. The maximum atomic E-state index is 11.1. The number of carbonyl (C=O) groups is 1. The second-order valence-corrected chi connectivity index (χ2v) is 2.57. The number of amidine groups is 1. The smallest absolute Gasteiger partial charge is 0.255 e. The van der Waals surface area contributed by atoms with E-state index in [0.29, 0.717) is 5.84 Å². The van der Waals surface area contributed by atoms with E-state index in [-0.39, 0.29) is 11.8 Å². The van der Waals surface area contributed by atoms with Crippen LogP contribution in [0.3, 0.4) is 0 Å². The van der Waals surface area contributed by atoms with Gasteiger partial charge >= 0.3 is 0 Å². The van der Waals surface area contributed by atoms with Crippen LogP contribution in [0.15, 0.2) is 21.7 Å². The molecule has 0 saturated carbocycles. The summed E-state index contributed by atoms with van der Waals surface area (Å²) >= 11 is 0. The van der Waals surface area contributed by atoms with Crippen LogP contribution in [-0.4, -0.2) is 18.0 Å². The van der Waals surface area contributed by atoms with E-state index in [2.05, 4.69) is 15.5 Å². The molecule has 11 heavy (non-hydrogen) atoms. The molecule has 0 radical (unpaired) electrons. The van der Waals surface area contributed by atoms with Crippen molar-refractivity contribution in [3.05, 3.63) is 11.6 Å². The van der Waals surface area contributed by atoms with E-state index in [1.807, 2.05) is 13.0 Å². The van der Waals surface area contributed by atoms with Gasteiger partial charge in [-0.15, -0.1) is 0 Å². The number of rotatable bonds is 0. The van der Waals surface area contributed by atoms with Gasteiger partial charge in [-0.05, 0) is 13.0 Å². The predicted octanol–water partition coefficient (Wildman–Crippen LogP) is 0.0766. The molecule has 2 rings (SSSR count). The fourth-order valence-electron chi connectivity index (χ4n) is 1.20. The number of hydrazone groups is 1. The van der Waals surface area contributed by atoms with Crippen molar-refractivity contribution < 1.29 is 4.79 Å². The summed E-state index contributed by atoms with van der Waals surface area (Å²) in [6.07, 6.45) is 3.49. The molecule has 0 spiro atoms. The zero-order chi connectivity index (χ0) is 7.84. The molecule has 2 heterocycles. The number of aliphatic imine (C=N–C) groups is 1. The molecule has 0 aliphatic carbocycles. The Bertz CT molecular complexity index is 301. The molecule has 1 atom stereocenters. The predicted molar refractivity (Wildman–Crippen MR) is 41.3 cm³/mol. The largest absolute Gasteiger partial charge is 0.272 e. The van der Waals surface area contributed by atoms with Gasteiger partial charge in [-0.2, -0.15) is 5.10 Å². The van der Waals surface area contributed by atoms with E-state index in [1.54, 1.807) is 6.21 Å². The van der Waals surface area contributed by atoms with Crippen molar-refractivity contribution in [1.82, 2.24) is 5.43 Å². The third kappa shape index (κ3) is 0.790. The minimum atomic E-state index is -0.236. The number of dihydropyridines is 1. The van der Waals surface area contributed by atoms with Crippen molar-refractivity contribution in [3.63, 3.8) is 0 Å². The van der Waals surface area contributed by atoms with Crippen LogP contribution < -0.4 is 5.43 Å². The molecule has 1 N–H and O–H groups in total. The Kier molecular flexibility index (Phi) is 1.15. The highest BCUT2D eigenvalue weighted by atomic mass is 16.2. The number of nitrogens with one attached hydrogen (secondary N) is 1. The van der Waals surface area contributed by atoms with E-state index < -0.39 is 0 Å². The third-order valence-electron chi connectivity index (χ3n) is 1.80. The highest BCUT2D eigenvalue weighted by Crippen LogP contribution is 2.19. The SMILES string of the molecule is CC1=CC=NC2=NNC(=O)C12. The lowest BCUT2D eigenvalue weighted by molar-refractivity contribution is -0.121. The van der Waals surface area contributed by atoms with E-state index in [0.717, 1.165) is 5.57 Å². The minimum Gasteiger partial charge on any atom is -0.272 e. The van der Waals surface area contributed by atoms with Gasteiger partial charge in [-0.25, -0.2) is 10.4 Å². The van der Waals surface area contributed by atoms with Crippen molar-refractivity contribution in [2.45, 2.75) is 6.92 Å². The summed E-state index contributed by atoms with van der Waals surface area (Å²) in [6.45, 7) is 1.90. The normalized spacial score (nSPS) is 27.4. The molecule has 1 amide bonds. The van der Waals surface area contributed by atoms with Crippen LogP contribution in [-0.2, 0) is 4.79 Å². The van der Waals surface area contributed by atoms with E-state index >= 15 is 0 Å². The summed E-state index contributed by atoms with van der Waals surface area (Å²) in [5.74, 6) is 0.264. The Morgan fingerprint density at radius 1 is 1.64 bits per heavy atom. The standard InChI is InChI=1S/C7H7N3O/c1-4-2-3-8-6-5(4)7(11)10-9-6/h2-3,5H,1H3,(H,10,11). The molecule has 4 nitrogen and oxygen atoms in total. The second-order valence-electron chi connectivity index (χ2n) is 2.57. The fourth-order valence-corrected chi connectivity index (χ4v) is 1.20. The Labute approximate surface area is 63.7 Å². The molecule has 0 aromatic rings. The first-order valence-corrected chi connectivity index (χ1v) is 3.37. The number of carbonyl (C=O) groups excluding carboxylic acids is 1.